The molecule has 0 fully saturated rings. The first kappa shape index (κ1) is 19.0. The standard InChI is InChI=1S/C23H21N5O3/c1-3-11-28-22(25-26-27-28)21-19-10-9-18(12-17(19)13-30-21)29-14-20-15(2)31-23(24-20)16-7-5-4-6-8-16/h4-10,12-13H,3,11,14H2,1-2H3. The van der Waals surface area contributed by atoms with E-state index in [9.17, 15) is 0 Å². The molecule has 0 bridgehead atoms. The number of hydrogen-bond acceptors (Lipinski definition) is 7. The van der Waals surface area contributed by atoms with Gasteiger partial charge in [0, 0.05) is 22.9 Å². The highest BCUT2D eigenvalue weighted by molar-refractivity contribution is 5.93. The van der Waals surface area contributed by atoms with Crippen molar-refractivity contribution in [3.05, 3.63) is 66.2 Å². The topological polar surface area (TPSA) is 92.0 Å². The van der Waals surface area contributed by atoms with Gasteiger partial charge in [0.2, 0.25) is 11.7 Å². The monoisotopic (exact) mass is 415 g/mol. The third kappa shape index (κ3) is 3.68. The SMILES string of the molecule is CCCn1nnnc1-c1occ2cc(OCc3nc(-c4ccccc4)oc3C)ccc12. The summed E-state index contributed by atoms with van der Waals surface area (Å²) in [5.74, 6) is 3.33. The molecule has 8 heteroatoms. The fourth-order valence-electron chi connectivity index (χ4n) is 3.44. The van der Waals surface area contributed by atoms with Crippen molar-refractivity contribution in [1.29, 1.82) is 0 Å². The van der Waals surface area contributed by atoms with Crippen LogP contribution in [0.2, 0.25) is 0 Å². The number of ether oxygens (including phenoxy) is 1. The molecule has 2 aromatic carbocycles. The average molecular weight is 415 g/mol. The van der Waals surface area contributed by atoms with Crippen LogP contribution >= 0.6 is 0 Å². The number of benzene rings is 2. The number of nitrogens with zero attached hydrogens (tertiary/aromatic N) is 5. The third-order valence-electron chi connectivity index (χ3n) is 5.03. The van der Waals surface area contributed by atoms with Gasteiger partial charge in [0.05, 0.1) is 6.26 Å². The van der Waals surface area contributed by atoms with E-state index in [2.05, 4.69) is 27.4 Å². The summed E-state index contributed by atoms with van der Waals surface area (Å²) in [6.07, 6.45) is 2.62. The van der Waals surface area contributed by atoms with E-state index in [1.165, 1.54) is 0 Å². The van der Waals surface area contributed by atoms with Crippen molar-refractivity contribution in [2.75, 3.05) is 0 Å². The average Bonchev–Trinajstić information content (AvgIpc) is 3.51. The van der Waals surface area contributed by atoms with Gasteiger partial charge in [-0.15, -0.1) is 5.10 Å². The van der Waals surface area contributed by atoms with Crippen molar-refractivity contribution in [2.45, 2.75) is 33.4 Å². The summed E-state index contributed by atoms with van der Waals surface area (Å²) in [5.41, 5.74) is 1.71. The van der Waals surface area contributed by atoms with Crippen LogP contribution in [0.25, 0.3) is 33.8 Å². The Kier molecular flexibility index (Phi) is 4.95. The molecular formula is C23H21N5O3. The van der Waals surface area contributed by atoms with Crippen LogP contribution in [0.15, 0.2) is 63.6 Å². The number of aromatic nitrogens is 5. The molecule has 8 nitrogen and oxygen atoms in total. The summed E-state index contributed by atoms with van der Waals surface area (Å²) in [7, 11) is 0. The van der Waals surface area contributed by atoms with Gasteiger partial charge in [-0.2, -0.15) is 0 Å². The quantitative estimate of drug-likeness (QED) is 0.368. The smallest absolute Gasteiger partial charge is 0.226 e. The van der Waals surface area contributed by atoms with Gasteiger partial charge in [0.25, 0.3) is 0 Å². The molecule has 3 aromatic heterocycles. The molecule has 0 radical (unpaired) electrons. The molecule has 0 saturated heterocycles. The number of oxazole rings is 1. The lowest BCUT2D eigenvalue weighted by molar-refractivity contribution is 0.300. The molecule has 0 aliphatic rings. The molecule has 5 aromatic rings. The van der Waals surface area contributed by atoms with E-state index in [1.807, 2.05) is 55.5 Å². The van der Waals surface area contributed by atoms with Gasteiger partial charge in [0.15, 0.2) is 5.76 Å². The molecule has 5 rings (SSSR count). The van der Waals surface area contributed by atoms with Crippen LogP contribution in [0.4, 0.5) is 0 Å². The predicted octanol–water partition coefficient (Wildman–Crippen LogP) is 5.04. The van der Waals surface area contributed by atoms with Crippen LogP contribution in [0.1, 0.15) is 24.8 Å². The first-order valence-corrected chi connectivity index (χ1v) is 10.1. The zero-order valence-electron chi connectivity index (χ0n) is 17.3. The van der Waals surface area contributed by atoms with Crippen molar-refractivity contribution < 1.29 is 13.6 Å². The molecule has 0 unspecified atom stereocenters. The Morgan fingerprint density at radius 3 is 2.81 bits per heavy atom. The Hall–Kier alpha value is -3.94. The maximum atomic E-state index is 5.98. The Labute approximate surface area is 178 Å². The highest BCUT2D eigenvalue weighted by Gasteiger charge is 2.17. The Morgan fingerprint density at radius 1 is 1.10 bits per heavy atom. The van der Waals surface area contributed by atoms with Gasteiger partial charge in [-0.3, -0.25) is 0 Å². The van der Waals surface area contributed by atoms with E-state index >= 15 is 0 Å². The highest BCUT2D eigenvalue weighted by atomic mass is 16.5. The predicted molar refractivity (Wildman–Crippen MR) is 114 cm³/mol. The maximum Gasteiger partial charge on any atom is 0.226 e. The van der Waals surface area contributed by atoms with Crippen molar-refractivity contribution in [1.82, 2.24) is 25.2 Å². The van der Waals surface area contributed by atoms with Crippen LogP contribution in [-0.4, -0.2) is 25.2 Å². The Bertz CT molecular complexity index is 1320. The third-order valence-corrected chi connectivity index (χ3v) is 5.03. The van der Waals surface area contributed by atoms with E-state index in [1.54, 1.807) is 10.9 Å². The van der Waals surface area contributed by atoms with E-state index in [-0.39, 0.29) is 0 Å². The van der Waals surface area contributed by atoms with Crippen molar-refractivity contribution in [3.63, 3.8) is 0 Å². The minimum absolute atomic E-state index is 0.313. The second kappa shape index (κ2) is 8.06. The van der Waals surface area contributed by atoms with Gasteiger partial charge in [-0.25, -0.2) is 9.67 Å². The molecular weight excluding hydrogens is 394 g/mol. The summed E-state index contributed by atoms with van der Waals surface area (Å²) >= 11 is 0. The molecule has 0 aliphatic heterocycles. The van der Waals surface area contributed by atoms with Crippen LogP contribution in [0, 0.1) is 6.92 Å². The Balaban J connectivity index is 1.35. The van der Waals surface area contributed by atoms with E-state index in [4.69, 9.17) is 13.6 Å². The molecule has 0 N–H and O–H groups in total. The van der Waals surface area contributed by atoms with Gasteiger partial charge in [-0.05, 0) is 54.1 Å². The first-order chi connectivity index (χ1) is 15.2. The lowest BCUT2D eigenvalue weighted by atomic mass is 10.1. The van der Waals surface area contributed by atoms with Gasteiger partial charge in [-0.1, -0.05) is 25.1 Å². The van der Waals surface area contributed by atoms with Crippen LogP contribution < -0.4 is 4.74 Å². The summed E-state index contributed by atoms with van der Waals surface area (Å²) in [6, 6.07) is 15.6. The molecule has 0 saturated carbocycles. The van der Waals surface area contributed by atoms with Gasteiger partial charge >= 0.3 is 0 Å². The minimum atomic E-state index is 0.313. The summed E-state index contributed by atoms with van der Waals surface area (Å²) in [4.78, 5) is 4.59. The lowest BCUT2D eigenvalue weighted by Crippen LogP contribution is -2.01. The fraction of sp³-hybridized carbons (Fsp3) is 0.217. The molecule has 0 atom stereocenters. The van der Waals surface area contributed by atoms with Crippen molar-refractivity contribution >= 4 is 10.8 Å². The van der Waals surface area contributed by atoms with E-state index < -0.39 is 0 Å². The largest absolute Gasteiger partial charge is 0.487 e. The molecule has 156 valence electrons. The van der Waals surface area contributed by atoms with Crippen molar-refractivity contribution in [2.24, 2.45) is 0 Å². The van der Waals surface area contributed by atoms with Crippen molar-refractivity contribution in [3.8, 4) is 28.8 Å². The fourth-order valence-corrected chi connectivity index (χ4v) is 3.44. The molecule has 31 heavy (non-hydrogen) atoms. The second-order valence-electron chi connectivity index (χ2n) is 7.22. The van der Waals surface area contributed by atoms with Crippen LogP contribution in [0.3, 0.4) is 0 Å². The number of fused-ring (bicyclic) bond motifs is 1. The number of furan rings is 1. The summed E-state index contributed by atoms with van der Waals surface area (Å²) in [5, 5.41) is 13.8. The van der Waals surface area contributed by atoms with Gasteiger partial charge in [0.1, 0.15) is 23.8 Å². The van der Waals surface area contributed by atoms with Crippen LogP contribution in [-0.2, 0) is 13.2 Å². The summed E-state index contributed by atoms with van der Waals surface area (Å²) < 4.78 is 19.3. The number of rotatable bonds is 7. The van der Waals surface area contributed by atoms with E-state index in [0.29, 0.717) is 24.1 Å². The molecule has 3 heterocycles. The molecule has 0 aliphatic carbocycles. The first-order valence-electron chi connectivity index (χ1n) is 10.1. The second-order valence-corrected chi connectivity index (χ2v) is 7.22. The van der Waals surface area contributed by atoms with Gasteiger partial charge < -0.3 is 13.6 Å². The lowest BCUT2D eigenvalue weighted by Gasteiger charge is -2.05. The number of aryl methyl sites for hydroxylation is 2. The zero-order chi connectivity index (χ0) is 21.2. The van der Waals surface area contributed by atoms with Crippen LogP contribution in [0.5, 0.6) is 5.75 Å². The molecule has 0 spiro atoms. The Morgan fingerprint density at radius 2 is 1.97 bits per heavy atom. The maximum absolute atomic E-state index is 5.98. The zero-order valence-corrected chi connectivity index (χ0v) is 17.3. The highest BCUT2D eigenvalue weighted by Crippen LogP contribution is 2.32. The number of hydrogen-bond donors (Lipinski definition) is 0. The number of tetrazole rings is 1. The summed E-state index contributed by atoms with van der Waals surface area (Å²) in [6.45, 7) is 5.01. The van der Waals surface area contributed by atoms with E-state index in [0.717, 1.165) is 46.5 Å². The minimum Gasteiger partial charge on any atom is -0.487 e. The molecule has 0 amide bonds. The normalized spacial score (nSPS) is 11.3.